The van der Waals surface area contributed by atoms with Crippen molar-refractivity contribution in [3.05, 3.63) is 22.0 Å². The number of aromatic amines is 1. The number of amides is 1. The summed E-state index contributed by atoms with van der Waals surface area (Å²) in [5.41, 5.74) is 4.10. The Morgan fingerprint density at radius 1 is 1.26 bits per heavy atom. The number of nitrogens with one attached hydrogen (secondary N) is 1. The van der Waals surface area contributed by atoms with Crippen LogP contribution in [0.3, 0.4) is 0 Å². The van der Waals surface area contributed by atoms with Gasteiger partial charge in [-0.2, -0.15) is 5.10 Å². The second kappa shape index (κ2) is 6.66. The van der Waals surface area contributed by atoms with Gasteiger partial charge in [0.1, 0.15) is 4.88 Å². The Hall–Kier alpha value is -1.96. The molecular weight excluding hydrogens is 312 g/mol. The van der Waals surface area contributed by atoms with E-state index in [1.165, 1.54) is 17.2 Å². The summed E-state index contributed by atoms with van der Waals surface area (Å²) in [5.74, 6) is 0.0729. The van der Waals surface area contributed by atoms with Gasteiger partial charge in [-0.3, -0.25) is 9.89 Å². The number of aryl methyl sites for hydroxylation is 3. The molecule has 0 atom stereocenters. The van der Waals surface area contributed by atoms with Gasteiger partial charge in [0.15, 0.2) is 0 Å². The Balaban J connectivity index is 1.67. The number of carbonyl (C=O) groups is 1. The molecule has 1 aliphatic heterocycles. The Morgan fingerprint density at radius 3 is 2.61 bits per heavy atom. The van der Waals surface area contributed by atoms with Crippen LogP contribution >= 0.6 is 11.5 Å². The van der Waals surface area contributed by atoms with Gasteiger partial charge in [-0.05, 0) is 31.8 Å². The maximum Gasteiger partial charge on any atom is 0.267 e. The van der Waals surface area contributed by atoms with E-state index in [9.17, 15) is 4.79 Å². The molecule has 1 aliphatic rings. The van der Waals surface area contributed by atoms with Crippen molar-refractivity contribution in [2.45, 2.75) is 33.6 Å². The molecule has 8 heteroatoms. The van der Waals surface area contributed by atoms with Crippen LogP contribution < -0.4 is 4.90 Å². The molecule has 0 bridgehead atoms. The zero-order valence-electron chi connectivity index (χ0n) is 13.8. The molecule has 3 rings (SSSR count). The summed E-state index contributed by atoms with van der Waals surface area (Å²) in [6.45, 7) is 9.20. The van der Waals surface area contributed by atoms with E-state index in [0.29, 0.717) is 18.0 Å². The average molecular weight is 334 g/mol. The molecule has 0 aromatic carbocycles. The number of H-pyrrole nitrogens is 1. The van der Waals surface area contributed by atoms with Crippen molar-refractivity contribution >= 4 is 23.1 Å². The van der Waals surface area contributed by atoms with Crippen molar-refractivity contribution in [2.24, 2.45) is 0 Å². The normalized spacial score (nSPS) is 15.3. The van der Waals surface area contributed by atoms with E-state index in [0.717, 1.165) is 43.0 Å². The maximum absolute atomic E-state index is 12.7. The Kier molecular flexibility index (Phi) is 4.61. The predicted octanol–water partition coefficient (Wildman–Crippen LogP) is 1.79. The highest BCUT2D eigenvalue weighted by Crippen LogP contribution is 2.24. The van der Waals surface area contributed by atoms with Crippen molar-refractivity contribution < 1.29 is 4.79 Å². The lowest BCUT2D eigenvalue weighted by atomic mass is 10.2. The summed E-state index contributed by atoms with van der Waals surface area (Å²) < 4.78 is 3.96. The molecule has 1 N–H and O–H groups in total. The third-order valence-electron chi connectivity index (χ3n) is 4.21. The molecule has 3 heterocycles. The highest BCUT2D eigenvalue weighted by atomic mass is 32.1. The molecule has 2 aromatic heterocycles. The number of aromatic nitrogens is 4. The van der Waals surface area contributed by atoms with Crippen LogP contribution in [0.5, 0.6) is 0 Å². The molecule has 23 heavy (non-hydrogen) atoms. The lowest BCUT2D eigenvalue weighted by Gasteiger charge is -2.36. The van der Waals surface area contributed by atoms with E-state index in [1.807, 2.05) is 18.7 Å². The third-order valence-corrected chi connectivity index (χ3v) is 4.97. The number of piperazine rings is 1. The fraction of sp³-hybridized carbons (Fsp3) is 0.600. The van der Waals surface area contributed by atoms with Crippen LogP contribution in [0.2, 0.25) is 0 Å². The summed E-state index contributed by atoms with van der Waals surface area (Å²) in [5, 5.41) is 11.4. The lowest BCUT2D eigenvalue weighted by molar-refractivity contribution is 0.0750. The van der Waals surface area contributed by atoms with Crippen molar-refractivity contribution in [1.82, 2.24) is 24.7 Å². The van der Waals surface area contributed by atoms with Gasteiger partial charge in [0, 0.05) is 26.2 Å². The van der Waals surface area contributed by atoms with Crippen molar-refractivity contribution in [2.75, 3.05) is 31.1 Å². The second-order valence-corrected chi connectivity index (χ2v) is 6.61. The number of hydrogen-bond donors (Lipinski definition) is 1. The summed E-state index contributed by atoms with van der Waals surface area (Å²) in [7, 11) is 0. The molecule has 1 amide bonds. The molecule has 0 unspecified atom stereocenters. The van der Waals surface area contributed by atoms with E-state index in [2.05, 4.69) is 31.6 Å². The van der Waals surface area contributed by atoms with Crippen LogP contribution in [0.15, 0.2) is 0 Å². The van der Waals surface area contributed by atoms with Gasteiger partial charge in [-0.15, -0.1) is 5.10 Å². The second-order valence-electron chi connectivity index (χ2n) is 5.86. The van der Waals surface area contributed by atoms with Crippen LogP contribution in [0.25, 0.3) is 0 Å². The minimum Gasteiger partial charge on any atom is -0.365 e. The lowest BCUT2D eigenvalue weighted by Crippen LogP contribution is -2.49. The van der Waals surface area contributed by atoms with E-state index in [1.54, 1.807) is 0 Å². The molecule has 0 radical (unpaired) electrons. The minimum atomic E-state index is 0.0729. The number of anilines is 1. The number of hydrogen-bond acceptors (Lipinski definition) is 6. The molecule has 124 valence electrons. The van der Waals surface area contributed by atoms with E-state index >= 15 is 0 Å². The smallest absolute Gasteiger partial charge is 0.267 e. The Labute approximate surface area is 139 Å². The highest BCUT2D eigenvalue weighted by Gasteiger charge is 2.27. The Bertz CT molecular complexity index is 666. The van der Waals surface area contributed by atoms with Gasteiger partial charge in [0.05, 0.1) is 22.8 Å². The number of rotatable bonds is 4. The predicted molar refractivity (Wildman–Crippen MR) is 90.1 cm³/mol. The van der Waals surface area contributed by atoms with Gasteiger partial charge in [-0.1, -0.05) is 17.8 Å². The minimum absolute atomic E-state index is 0.0729. The van der Waals surface area contributed by atoms with Crippen LogP contribution in [-0.2, 0) is 6.42 Å². The monoisotopic (exact) mass is 334 g/mol. The van der Waals surface area contributed by atoms with Crippen LogP contribution in [0, 0.1) is 13.8 Å². The molecule has 1 saturated heterocycles. The van der Waals surface area contributed by atoms with Crippen LogP contribution in [0.1, 0.15) is 40.1 Å². The largest absolute Gasteiger partial charge is 0.365 e. The zero-order chi connectivity index (χ0) is 16.4. The summed E-state index contributed by atoms with van der Waals surface area (Å²) in [6.07, 6.45) is 1.78. The molecule has 0 saturated carbocycles. The van der Waals surface area contributed by atoms with Gasteiger partial charge >= 0.3 is 0 Å². The fourth-order valence-corrected chi connectivity index (χ4v) is 3.74. The topological polar surface area (TPSA) is 78.0 Å². The molecule has 7 nitrogen and oxygen atoms in total. The maximum atomic E-state index is 12.7. The first kappa shape index (κ1) is 15.9. The van der Waals surface area contributed by atoms with Crippen molar-refractivity contribution in [3.8, 4) is 0 Å². The van der Waals surface area contributed by atoms with Gasteiger partial charge in [0.25, 0.3) is 5.91 Å². The molecule has 2 aromatic rings. The molecule has 0 aliphatic carbocycles. The summed E-state index contributed by atoms with van der Waals surface area (Å²) >= 11 is 1.21. The van der Waals surface area contributed by atoms with Gasteiger partial charge < -0.3 is 9.80 Å². The van der Waals surface area contributed by atoms with E-state index in [4.69, 9.17) is 0 Å². The number of carbonyl (C=O) groups excluding carboxylic acids is 1. The highest BCUT2D eigenvalue weighted by molar-refractivity contribution is 7.08. The first-order valence-corrected chi connectivity index (χ1v) is 8.76. The van der Waals surface area contributed by atoms with Crippen LogP contribution in [-0.4, -0.2) is 56.8 Å². The van der Waals surface area contributed by atoms with Crippen molar-refractivity contribution in [3.63, 3.8) is 0 Å². The first-order chi connectivity index (χ1) is 11.1. The first-order valence-electron chi connectivity index (χ1n) is 7.98. The standard InChI is InChI=1S/C15H22N6OS/c1-4-5-12-14(23-19-18-12)15(22)21-8-6-20(7-9-21)13-10(2)16-17-11(13)3/h4-9H2,1-3H3,(H,16,17). The Morgan fingerprint density at radius 2 is 2.00 bits per heavy atom. The van der Waals surface area contributed by atoms with E-state index in [-0.39, 0.29) is 5.91 Å². The molecular formula is C15H22N6OS. The summed E-state index contributed by atoms with van der Waals surface area (Å²) in [4.78, 5) is 17.6. The summed E-state index contributed by atoms with van der Waals surface area (Å²) in [6, 6.07) is 0. The molecule has 0 spiro atoms. The van der Waals surface area contributed by atoms with Crippen LogP contribution in [0.4, 0.5) is 5.69 Å². The SMILES string of the molecule is CCCc1nnsc1C(=O)N1CCN(c2c(C)n[nH]c2C)CC1. The van der Waals surface area contributed by atoms with E-state index < -0.39 is 0 Å². The van der Waals surface area contributed by atoms with Gasteiger partial charge in [0.2, 0.25) is 0 Å². The third kappa shape index (κ3) is 3.08. The number of nitrogens with zero attached hydrogens (tertiary/aromatic N) is 5. The fourth-order valence-electron chi connectivity index (χ4n) is 3.06. The molecule has 1 fully saturated rings. The van der Waals surface area contributed by atoms with Gasteiger partial charge in [-0.25, -0.2) is 0 Å². The van der Waals surface area contributed by atoms with Crippen molar-refractivity contribution in [1.29, 1.82) is 0 Å². The quantitative estimate of drug-likeness (QED) is 0.922. The zero-order valence-corrected chi connectivity index (χ0v) is 14.6. The average Bonchev–Trinajstić information content (AvgIpc) is 3.14.